The second-order valence-electron chi connectivity index (χ2n) is 1.20. The van der Waals surface area contributed by atoms with Gasteiger partial charge in [-0.1, -0.05) is 0 Å². The summed E-state index contributed by atoms with van der Waals surface area (Å²) in [5.74, 6) is 0. The van der Waals surface area contributed by atoms with E-state index in [0.717, 1.165) is 0 Å². The van der Waals surface area contributed by atoms with Gasteiger partial charge in [0, 0.05) is 0 Å². The molecule has 1 heterocycles. The van der Waals surface area contributed by atoms with Crippen LogP contribution in [-0.4, -0.2) is 4.89 Å². The molecule has 0 saturated carbocycles. The summed E-state index contributed by atoms with van der Waals surface area (Å²) >= 11 is 5.67. The summed E-state index contributed by atoms with van der Waals surface area (Å²) in [5.41, 5.74) is 0. The molecular formula is C2HBr2O4P. The Labute approximate surface area is 67.7 Å². The molecule has 0 radical (unpaired) electrons. The maximum Gasteiger partial charge on any atom is 0.586 e. The minimum Gasteiger partial charge on any atom is -0.383 e. The van der Waals surface area contributed by atoms with Crippen molar-refractivity contribution in [3.8, 4) is 0 Å². The summed E-state index contributed by atoms with van der Waals surface area (Å²) in [6.07, 6.45) is 0. The van der Waals surface area contributed by atoms with Gasteiger partial charge in [-0.05, 0) is 31.9 Å². The highest BCUT2D eigenvalue weighted by Gasteiger charge is 2.34. The lowest BCUT2D eigenvalue weighted by atomic mass is 11.1. The Balaban J connectivity index is 2.82. The SMILES string of the molecule is O=P1(O)OC(Br)=C(Br)O1. The van der Waals surface area contributed by atoms with E-state index in [1.807, 2.05) is 0 Å². The standard InChI is InChI=1S/C2HBr2O4P/c3-1-2(4)8-9(5,6)7-1/h(H,5,6). The van der Waals surface area contributed by atoms with E-state index in [1.54, 1.807) is 0 Å². The van der Waals surface area contributed by atoms with Gasteiger partial charge in [-0.2, -0.15) is 0 Å². The molecule has 0 fully saturated rings. The number of phosphoric ester groups is 1. The monoisotopic (exact) mass is 278 g/mol. The summed E-state index contributed by atoms with van der Waals surface area (Å²) in [7, 11) is -3.82. The number of halogens is 2. The zero-order chi connectivity index (χ0) is 7.07. The fraction of sp³-hybridized carbons (Fsp3) is 0. The van der Waals surface area contributed by atoms with E-state index in [0.29, 0.717) is 0 Å². The molecule has 0 spiro atoms. The second kappa shape index (κ2) is 2.27. The summed E-state index contributed by atoms with van der Waals surface area (Å²) < 4.78 is 19.3. The average Bonchev–Trinajstić information content (AvgIpc) is 1.79. The van der Waals surface area contributed by atoms with Crippen molar-refractivity contribution in [2.24, 2.45) is 0 Å². The molecule has 0 aliphatic carbocycles. The van der Waals surface area contributed by atoms with Crippen LogP contribution in [0.25, 0.3) is 0 Å². The van der Waals surface area contributed by atoms with Crippen molar-refractivity contribution < 1.29 is 18.5 Å². The van der Waals surface area contributed by atoms with Gasteiger partial charge in [0.15, 0.2) is 0 Å². The molecule has 0 aromatic heterocycles. The fourth-order valence-electron chi connectivity index (χ4n) is 0.293. The molecule has 0 saturated heterocycles. The number of phosphoric acid groups is 1. The normalized spacial score (nSPS) is 23.4. The molecule has 1 aliphatic heterocycles. The number of hydrogen-bond acceptors (Lipinski definition) is 3. The molecule has 4 nitrogen and oxygen atoms in total. The van der Waals surface area contributed by atoms with Crippen molar-refractivity contribution in [3.05, 3.63) is 9.34 Å². The van der Waals surface area contributed by atoms with Crippen LogP contribution in [0.5, 0.6) is 0 Å². The van der Waals surface area contributed by atoms with Crippen molar-refractivity contribution in [3.63, 3.8) is 0 Å². The summed E-state index contributed by atoms with van der Waals surface area (Å²) in [6, 6.07) is 0. The first kappa shape index (κ1) is 7.60. The van der Waals surface area contributed by atoms with E-state index >= 15 is 0 Å². The Kier molecular flexibility index (Phi) is 1.91. The molecule has 7 heteroatoms. The van der Waals surface area contributed by atoms with Crippen molar-refractivity contribution >= 4 is 39.7 Å². The first-order valence-electron chi connectivity index (χ1n) is 1.78. The Morgan fingerprint density at radius 3 is 1.78 bits per heavy atom. The molecule has 0 atom stereocenters. The summed E-state index contributed by atoms with van der Waals surface area (Å²) in [4.78, 5) is 8.54. The van der Waals surface area contributed by atoms with Crippen molar-refractivity contribution in [1.29, 1.82) is 0 Å². The number of hydrogen-bond donors (Lipinski definition) is 1. The highest BCUT2D eigenvalue weighted by atomic mass is 79.9. The van der Waals surface area contributed by atoms with Crippen molar-refractivity contribution in [2.45, 2.75) is 0 Å². The molecule has 52 valence electrons. The molecule has 0 aromatic rings. The van der Waals surface area contributed by atoms with Crippen LogP contribution in [-0.2, 0) is 13.6 Å². The van der Waals surface area contributed by atoms with Crippen LogP contribution in [0.3, 0.4) is 0 Å². The van der Waals surface area contributed by atoms with Crippen LogP contribution < -0.4 is 0 Å². The topological polar surface area (TPSA) is 55.8 Å². The van der Waals surface area contributed by atoms with E-state index in [2.05, 4.69) is 40.9 Å². The van der Waals surface area contributed by atoms with Crippen LogP contribution in [0, 0.1) is 0 Å². The largest absolute Gasteiger partial charge is 0.586 e. The van der Waals surface area contributed by atoms with Gasteiger partial charge in [-0.3, -0.25) is 4.89 Å². The van der Waals surface area contributed by atoms with Crippen LogP contribution in [0.4, 0.5) is 0 Å². The Morgan fingerprint density at radius 1 is 1.33 bits per heavy atom. The van der Waals surface area contributed by atoms with Gasteiger partial charge in [-0.15, -0.1) is 0 Å². The molecule has 1 aliphatic rings. The minimum atomic E-state index is -3.82. The van der Waals surface area contributed by atoms with Gasteiger partial charge in [-0.25, -0.2) is 4.57 Å². The Hall–Kier alpha value is 0.490. The minimum absolute atomic E-state index is 0.105. The number of rotatable bonds is 0. The highest BCUT2D eigenvalue weighted by Crippen LogP contribution is 2.56. The van der Waals surface area contributed by atoms with E-state index < -0.39 is 7.82 Å². The van der Waals surface area contributed by atoms with Gasteiger partial charge in [0.2, 0.25) is 9.34 Å². The maximum atomic E-state index is 10.4. The molecule has 9 heavy (non-hydrogen) atoms. The fourth-order valence-corrected chi connectivity index (χ4v) is 2.41. The third-order valence-electron chi connectivity index (χ3n) is 0.546. The molecular weight excluding hydrogens is 279 g/mol. The van der Waals surface area contributed by atoms with Crippen LogP contribution >= 0.6 is 39.7 Å². The molecule has 0 aromatic carbocycles. The van der Waals surface area contributed by atoms with Gasteiger partial charge in [0.1, 0.15) is 0 Å². The third kappa shape index (κ3) is 1.70. The first-order valence-corrected chi connectivity index (χ1v) is 4.87. The molecule has 1 N–H and O–H groups in total. The molecule has 0 unspecified atom stereocenters. The van der Waals surface area contributed by atoms with Crippen LogP contribution in [0.15, 0.2) is 9.34 Å². The summed E-state index contributed by atoms with van der Waals surface area (Å²) in [6.45, 7) is 0. The van der Waals surface area contributed by atoms with E-state index in [-0.39, 0.29) is 9.34 Å². The van der Waals surface area contributed by atoms with Crippen molar-refractivity contribution in [1.82, 2.24) is 0 Å². The quantitative estimate of drug-likeness (QED) is 0.690. The van der Waals surface area contributed by atoms with Crippen molar-refractivity contribution in [2.75, 3.05) is 0 Å². The first-order chi connectivity index (χ1) is 4.01. The van der Waals surface area contributed by atoms with Gasteiger partial charge in [0.05, 0.1) is 0 Å². The lowest BCUT2D eigenvalue weighted by Gasteiger charge is -1.98. The zero-order valence-electron chi connectivity index (χ0n) is 3.88. The van der Waals surface area contributed by atoms with E-state index in [1.165, 1.54) is 0 Å². The maximum absolute atomic E-state index is 10.4. The van der Waals surface area contributed by atoms with Crippen LogP contribution in [0.2, 0.25) is 0 Å². The van der Waals surface area contributed by atoms with E-state index in [4.69, 9.17) is 4.89 Å². The second-order valence-corrected chi connectivity index (χ2v) is 3.94. The predicted octanol–water partition coefficient (Wildman–Crippen LogP) is 2.05. The lowest BCUT2D eigenvalue weighted by molar-refractivity contribution is 0.275. The van der Waals surface area contributed by atoms with E-state index in [9.17, 15) is 4.57 Å². The van der Waals surface area contributed by atoms with Crippen LogP contribution in [0.1, 0.15) is 0 Å². The molecule has 0 amide bonds. The Morgan fingerprint density at radius 2 is 1.67 bits per heavy atom. The smallest absolute Gasteiger partial charge is 0.383 e. The summed E-state index contributed by atoms with van der Waals surface area (Å²) in [5, 5.41) is 0. The third-order valence-corrected chi connectivity index (χ3v) is 3.45. The highest BCUT2D eigenvalue weighted by molar-refractivity contribution is 9.14. The zero-order valence-corrected chi connectivity index (χ0v) is 7.94. The van der Waals surface area contributed by atoms with Gasteiger partial charge in [0.25, 0.3) is 0 Å². The molecule has 1 rings (SSSR count). The lowest BCUT2D eigenvalue weighted by Crippen LogP contribution is -1.75. The average molecular weight is 280 g/mol. The Bertz CT molecular complexity index is 193. The predicted molar refractivity (Wildman–Crippen MR) is 36.9 cm³/mol. The van der Waals surface area contributed by atoms with Gasteiger partial charge < -0.3 is 9.05 Å². The van der Waals surface area contributed by atoms with Gasteiger partial charge >= 0.3 is 7.82 Å². The molecule has 0 bridgehead atoms.